The van der Waals surface area contributed by atoms with E-state index in [2.05, 4.69) is 5.32 Å². The van der Waals surface area contributed by atoms with Gasteiger partial charge in [-0.05, 0) is 54.8 Å². The molecule has 0 saturated heterocycles. The van der Waals surface area contributed by atoms with Crippen LogP contribution >= 0.6 is 0 Å². The highest BCUT2D eigenvalue weighted by atomic mass is 16.5. The predicted octanol–water partition coefficient (Wildman–Crippen LogP) is 2.59. The van der Waals surface area contributed by atoms with Gasteiger partial charge in [0.2, 0.25) is 5.91 Å². The maximum absolute atomic E-state index is 12.4. The average molecular weight is 380 g/mol. The highest BCUT2D eigenvalue weighted by Gasteiger charge is 2.24. The van der Waals surface area contributed by atoms with Gasteiger partial charge in [-0.3, -0.25) is 14.4 Å². The number of amides is 2. The van der Waals surface area contributed by atoms with Gasteiger partial charge in [0, 0.05) is 31.3 Å². The van der Waals surface area contributed by atoms with Crippen LogP contribution in [-0.2, 0) is 16.0 Å². The number of ketones is 1. The van der Waals surface area contributed by atoms with Gasteiger partial charge in [-0.1, -0.05) is 12.1 Å². The van der Waals surface area contributed by atoms with Crippen molar-refractivity contribution in [3.8, 4) is 5.75 Å². The van der Waals surface area contributed by atoms with Crippen LogP contribution in [0.3, 0.4) is 0 Å². The third-order valence-corrected chi connectivity index (χ3v) is 4.86. The van der Waals surface area contributed by atoms with Gasteiger partial charge in [0.1, 0.15) is 5.75 Å². The molecule has 0 fully saturated rings. The van der Waals surface area contributed by atoms with Crippen LogP contribution in [-0.4, -0.2) is 37.8 Å². The molecule has 146 valence electrons. The second-order valence-corrected chi connectivity index (χ2v) is 7.05. The monoisotopic (exact) mass is 380 g/mol. The van der Waals surface area contributed by atoms with E-state index in [1.54, 1.807) is 30.1 Å². The first-order valence-electron chi connectivity index (χ1n) is 9.24. The van der Waals surface area contributed by atoms with Crippen molar-refractivity contribution in [1.29, 1.82) is 0 Å². The molecule has 0 atom stereocenters. The first-order chi connectivity index (χ1) is 13.3. The Kier molecular flexibility index (Phi) is 5.78. The van der Waals surface area contributed by atoms with E-state index in [1.807, 2.05) is 32.0 Å². The van der Waals surface area contributed by atoms with Crippen LogP contribution in [0.4, 0.5) is 5.69 Å². The van der Waals surface area contributed by atoms with Crippen LogP contribution < -0.4 is 15.0 Å². The van der Waals surface area contributed by atoms with Gasteiger partial charge in [0.25, 0.3) is 5.91 Å². The molecule has 0 aliphatic carbocycles. The minimum absolute atomic E-state index is 0.0238. The van der Waals surface area contributed by atoms with Crippen LogP contribution in [0.25, 0.3) is 0 Å². The number of fused-ring (bicyclic) bond motifs is 1. The van der Waals surface area contributed by atoms with E-state index in [9.17, 15) is 14.4 Å². The van der Waals surface area contributed by atoms with Crippen LogP contribution in [0, 0.1) is 13.8 Å². The van der Waals surface area contributed by atoms with Crippen molar-refractivity contribution in [3.63, 3.8) is 0 Å². The lowest BCUT2D eigenvalue weighted by Crippen LogP contribution is -2.30. The molecule has 6 nitrogen and oxygen atoms in total. The van der Waals surface area contributed by atoms with Gasteiger partial charge in [-0.15, -0.1) is 0 Å². The van der Waals surface area contributed by atoms with Gasteiger partial charge < -0.3 is 15.0 Å². The molecule has 1 heterocycles. The highest BCUT2D eigenvalue weighted by Crippen LogP contribution is 2.28. The van der Waals surface area contributed by atoms with Crippen LogP contribution in [0.2, 0.25) is 0 Å². The van der Waals surface area contributed by atoms with Crippen LogP contribution in [0.15, 0.2) is 36.4 Å². The Hall–Kier alpha value is -3.15. The number of nitrogens with zero attached hydrogens (tertiary/aromatic N) is 1. The zero-order valence-electron chi connectivity index (χ0n) is 16.4. The van der Waals surface area contributed by atoms with Crippen LogP contribution in [0.1, 0.15) is 33.5 Å². The maximum atomic E-state index is 12.4. The molecule has 2 aromatic carbocycles. The lowest BCUT2D eigenvalue weighted by molar-refractivity contribution is -0.123. The summed E-state index contributed by atoms with van der Waals surface area (Å²) in [7, 11) is 1.73. The third-order valence-electron chi connectivity index (χ3n) is 4.86. The topological polar surface area (TPSA) is 75.7 Å². The van der Waals surface area contributed by atoms with E-state index >= 15 is 0 Å². The Labute approximate surface area is 164 Å². The molecule has 1 N–H and O–H groups in total. The average Bonchev–Trinajstić information content (AvgIpc) is 2.95. The molecule has 2 aromatic rings. The molecule has 2 amide bonds. The molecule has 0 unspecified atom stereocenters. The van der Waals surface area contributed by atoms with Crippen molar-refractivity contribution >= 4 is 23.3 Å². The fraction of sp³-hybridized carbons (Fsp3) is 0.318. The third kappa shape index (κ3) is 4.39. The minimum atomic E-state index is -0.269. The molecule has 1 aliphatic heterocycles. The van der Waals surface area contributed by atoms with Crippen molar-refractivity contribution in [2.24, 2.45) is 0 Å². The van der Waals surface area contributed by atoms with Gasteiger partial charge in [0.05, 0.1) is 6.42 Å². The molecule has 0 spiro atoms. The quantitative estimate of drug-likeness (QED) is 0.749. The molecule has 0 aromatic heterocycles. The van der Waals surface area contributed by atoms with Crippen molar-refractivity contribution < 1.29 is 19.1 Å². The molecule has 6 heteroatoms. The summed E-state index contributed by atoms with van der Waals surface area (Å²) < 4.78 is 5.56. The fourth-order valence-electron chi connectivity index (χ4n) is 3.16. The molecule has 0 bridgehead atoms. The minimum Gasteiger partial charge on any atom is -0.483 e. The first kappa shape index (κ1) is 19.6. The summed E-state index contributed by atoms with van der Waals surface area (Å²) in [5.74, 6) is 0.370. The zero-order chi connectivity index (χ0) is 20.3. The number of likely N-dealkylation sites (N-methyl/N-ethyl adjacent to an activating group) is 1. The van der Waals surface area contributed by atoms with Gasteiger partial charge in [-0.2, -0.15) is 0 Å². The standard InChI is InChI=1S/C22H24N2O4/c1-14-4-5-15(2)20(10-14)28-13-21(26)23-9-8-19(25)16-6-7-18-17(11-16)12-22(27)24(18)3/h4-7,10-11H,8-9,12-13H2,1-3H3,(H,23,26). The summed E-state index contributed by atoms with van der Waals surface area (Å²) >= 11 is 0. The van der Waals surface area contributed by atoms with E-state index < -0.39 is 0 Å². The second kappa shape index (κ2) is 8.25. The summed E-state index contributed by atoms with van der Waals surface area (Å²) in [6.07, 6.45) is 0.511. The number of rotatable bonds is 7. The molecule has 0 radical (unpaired) electrons. The Morgan fingerprint density at radius 3 is 2.71 bits per heavy atom. The summed E-state index contributed by atoms with van der Waals surface area (Å²) in [6, 6.07) is 11.1. The Balaban J connectivity index is 1.46. The maximum Gasteiger partial charge on any atom is 0.257 e. The van der Waals surface area contributed by atoms with Gasteiger partial charge in [-0.25, -0.2) is 0 Å². The summed E-state index contributed by atoms with van der Waals surface area (Å²) in [5.41, 5.74) is 4.30. The number of hydrogen-bond donors (Lipinski definition) is 1. The number of benzene rings is 2. The van der Waals surface area contributed by atoms with Crippen molar-refractivity contribution in [2.45, 2.75) is 26.7 Å². The number of nitrogens with one attached hydrogen (secondary N) is 1. The normalized spacial score (nSPS) is 12.7. The lowest BCUT2D eigenvalue weighted by Gasteiger charge is -2.11. The Bertz CT molecular complexity index is 936. The molecular weight excluding hydrogens is 356 g/mol. The fourth-order valence-corrected chi connectivity index (χ4v) is 3.16. The van der Waals surface area contributed by atoms with E-state index in [4.69, 9.17) is 4.74 Å². The van der Waals surface area contributed by atoms with E-state index in [-0.39, 0.29) is 37.2 Å². The van der Waals surface area contributed by atoms with Crippen molar-refractivity contribution in [2.75, 3.05) is 25.1 Å². The van der Waals surface area contributed by atoms with Crippen LogP contribution in [0.5, 0.6) is 5.75 Å². The number of aryl methyl sites for hydroxylation is 2. The smallest absolute Gasteiger partial charge is 0.257 e. The van der Waals surface area contributed by atoms with Gasteiger partial charge in [0.15, 0.2) is 12.4 Å². The van der Waals surface area contributed by atoms with Crippen molar-refractivity contribution in [3.05, 3.63) is 58.7 Å². The van der Waals surface area contributed by atoms with E-state index in [1.165, 1.54) is 0 Å². The van der Waals surface area contributed by atoms with E-state index in [0.29, 0.717) is 17.7 Å². The number of anilines is 1. The number of Topliss-reactive ketones (excluding diaryl/α,β-unsaturated/α-hetero) is 1. The summed E-state index contributed by atoms with van der Waals surface area (Å²) in [4.78, 5) is 37.7. The largest absolute Gasteiger partial charge is 0.483 e. The zero-order valence-corrected chi connectivity index (χ0v) is 16.4. The molecular formula is C22H24N2O4. The number of hydrogen-bond acceptors (Lipinski definition) is 4. The SMILES string of the molecule is Cc1ccc(C)c(OCC(=O)NCCC(=O)c2ccc3c(c2)CC(=O)N3C)c1. The number of carbonyl (C=O) groups excluding carboxylic acids is 3. The summed E-state index contributed by atoms with van der Waals surface area (Å²) in [5, 5.41) is 2.71. The predicted molar refractivity (Wildman–Crippen MR) is 107 cm³/mol. The van der Waals surface area contributed by atoms with Crippen molar-refractivity contribution in [1.82, 2.24) is 5.32 Å². The lowest BCUT2D eigenvalue weighted by atomic mass is 10.0. The number of ether oxygens (including phenoxy) is 1. The molecule has 3 rings (SSSR count). The number of carbonyl (C=O) groups is 3. The Morgan fingerprint density at radius 1 is 1.14 bits per heavy atom. The second-order valence-electron chi connectivity index (χ2n) is 7.05. The molecule has 28 heavy (non-hydrogen) atoms. The highest BCUT2D eigenvalue weighted by molar-refractivity contribution is 6.03. The summed E-state index contributed by atoms with van der Waals surface area (Å²) in [6.45, 7) is 4.04. The van der Waals surface area contributed by atoms with Gasteiger partial charge >= 0.3 is 0 Å². The first-order valence-corrected chi connectivity index (χ1v) is 9.24. The molecule has 1 aliphatic rings. The Morgan fingerprint density at radius 2 is 1.93 bits per heavy atom. The van der Waals surface area contributed by atoms with E-state index in [0.717, 1.165) is 22.4 Å². The molecule has 0 saturated carbocycles.